The van der Waals surface area contributed by atoms with E-state index in [0.29, 0.717) is 23.9 Å². The molecule has 1 unspecified atom stereocenters. The van der Waals surface area contributed by atoms with Crippen molar-refractivity contribution in [3.05, 3.63) is 76.7 Å². The number of hydrogen-bond acceptors (Lipinski definition) is 5. The maximum atomic E-state index is 13.0. The summed E-state index contributed by atoms with van der Waals surface area (Å²) in [6.07, 6.45) is 0.782. The summed E-state index contributed by atoms with van der Waals surface area (Å²) in [6, 6.07) is 12.3. The Labute approximate surface area is 205 Å². The number of aryl methyl sites for hydroxylation is 1. The highest BCUT2D eigenvalue weighted by Gasteiger charge is 2.33. The highest BCUT2D eigenvalue weighted by Crippen LogP contribution is 2.36. The van der Waals surface area contributed by atoms with Crippen LogP contribution >= 0.6 is 11.6 Å². The molecule has 1 aromatic heterocycles. The predicted molar refractivity (Wildman–Crippen MR) is 127 cm³/mol. The van der Waals surface area contributed by atoms with Crippen molar-refractivity contribution in [2.24, 2.45) is 0 Å². The third-order valence-corrected chi connectivity index (χ3v) is 5.92. The molecule has 1 saturated heterocycles. The number of carbonyl (C=O) groups is 1. The van der Waals surface area contributed by atoms with Gasteiger partial charge in [-0.05, 0) is 61.7 Å². The van der Waals surface area contributed by atoms with E-state index < -0.39 is 22.7 Å². The van der Waals surface area contributed by atoms with Gasteiger partial charge in [-0.2, -0.15) is 18.2 Å². The zero-order chi connectivity index (χ0) is 24.8. The van der Waals surface area contributed by atoms with Crippen molar-refractivity contribution in [1.29, 1.82) is 0 Å². The lowest BCUT2D eigenvalue weighted by Crippen LogP contribution is -2.28. The van der Waals surface area contributed by atoms with Crippen LogP contribution in [0.4, 0.5) is 18.9 Å². The molecule has 0 saturated carbocycles. The second-order valence-electron chi connectivity index (χ2n) is 8.25. The normalized spacial score (nSPS) is 16.1. The van der Waals surface area contributed by atoms with E-state index >= 15 is 0 Å². The number of benzene rings is 2. The lowest BCUT2D eigenvalue weighted by Gasteiger charge is -2.22. The Morgan fingerprint density at radius 3 is 2.80 bits per heavy atom. The van der Waals surface area contributed by atoms with Gasteiger partial charge in [0.15, 0.2) is 0 Å². The molecule has 0 bridgehead atoms. The molecule has 35 heavy (non-hydrogen) atoms. The quantitative estimate of drug-likeness (QED) is 0.393. The van der Waals surface area contributed by atoms with Crippen LogP contribution < -0.4 is 15.4 Å². The van der Waals surface area contributed by atoms with E-state index in [1.165, 1.54) is 6.07 Å². The molecule has 1 fully saturated rings. The molecule has 4 rings (SSSR count). The Balaban J connectivity index is 1.35. The molecule has 2 heterocycles. The van der Waals surface area contributed by atoms with Crippen LogP contribution in [0.2, 0.25) is 5.02 Å². The number of nitrogens with zero attached hydrogens (tertiary/aromatic N) is 2. The van der Waals surface area contributed by atoms with Crippen molar-refractivity contribution in [2.45, 2.75) is 44.3 Å². The van der Waals surface area contributed by atoms with Gasteiger partial charge in [0, 0.05) is 24.4 Å². The second kappa shape index (κ2) is 11.0. The van der Waals surface area contributed by atoms with Gasteiger partial charge in [0.2, 0.25) is 11.8 Å². The fraction of sp³-hybridized carbons (Fsp3) is 0.320. The Morgan fingerprint density at radius 2 is 2.03 bits per heavy atom. The molecule has 0 aliphatic carbocycles. The van der Waals surface area contributed by atoms with Crippen molar-refractivity contribution in [3.63, 3.8) is 0 Å². The lowest BCUT2D eigenvalue weighted by molar-refractivity contribution is -0.137. The summed E-state index contributed by atoms with van der Waals surface area (Å²) in [4.78, 5) is 21.2. The van der Waals surface area contributed by atoms with Crippen molar-refractivity contribution >= 4 is 23.2 Å². The summed E-state index contributed by atoms with van der Waals surface area (Å²) in [7, 11) is 0. The fourth-order valence-corrected chi connectivity index (χ4v) is 4.06. The van der Waals surface area contributed by atoms with Gasteiger partial charge in [0.1, 0.15) is 11.6 Å². The summed E-state index contributed by atoms with van der Waals surface area (Å²) < 4.78 is 45.0. The van der Waals surface area contributed by atoms with Crippen LogP contribution in [0.25, 0.3) is 0 Å². The summed E-state index contributed by atoms with van der Waals surface area (Å²) in [5.41, 5.74) is -0.113. The van der Waals surface area contributed by atoms with E-state index in [1.54, 1.807) is 24.4 Å². The summed E-state index contributed by atoms with van der Waals surface area (Å²) >= 11 is 5.62. The Kier molecular flexibility index (Phi) is 7.87. The second-order valence-corrected chi connectivity index (χ2v) is 8.65. The van der Waals surface area contributed by atoms with Gasteiger partial charge in [0.05, 0.1) is 16.6 Å². The first kappa shape index (κ1) is 24.9. The molecule has 6 nitrogen and oxygen atoms in total. The molecular formula is C25H24ClF3N4O2. The van der Waals surface area contributed by atoms with Gasteiger partial charge < -0.3 is 15.4 Å². The minimum atomic E-state index is -4.60. The first-order valence-electron chi connectivity index (χ1n) is 11.3. The maximum Gasteiger partial charge on any atom is 0.417 e. The molecule has 0 radical (unpaired) electrons. The molecule has 1 atom stereocenters. The van der Waals surface area contributed by atoms with E-state index in [0.717, 1.165) is 43.5 Å². The molecule has 2 aromatic carbocycles. The molecule has 1 aliphatic rings. The topological polar surface area (TPSA) is 76.1 Å². The van der Waals surface area contributed by atoms with Crippen LogP contribution in [0, 0.1) is 0 Å². The van der Waals surface area contributed by atoms with Crippen molar-refractivity contribution < 1.29 is 22.7 Å². The smallest absolute Gasteiger partial charge is 0.417 e. The minimum Gasteiger partial charge on any atom is -0.439 e. The average molecular weight is 505 g/mol. The number of amides is 1. The van der Waals surface area contributed by atoms with Gasteiger partial charge in [-0.1, -0.05) is 30.2 Å². The third kappa shape index (κ3) is 6.93. The van der Waals surface area contributed by atoms with E-state index in [2.05, 4.69) is 20.6 Å². The molecule has 184 valence electrons. The minimum absolute atomic E-state index is 0.0378. The van der Waals surface area contributed by atoms with Gasteiger partial charge in [-0.15, -0.1) is 0 Å². The third-order valence-electron chi connectivity index (χ3n) is 5.59. The van der Waals surface area contributed by atoms with Crippen LogP contribution in [0.3, 0.4) is 0 Å². The predicted octanol–water partition coefficient (Wildman–Crippen LogP) is 6.33. The molecule has 0 spiro atoms. The molecule has 1 amide bonds. The largest absolute Gasteiger partial charge is 0.439 e. The number of hydrogen-bond donors (Lipinski definition) is 2. The van der Waals surface area contributed by atoms with Crippen molar-refractivity contribution in [3.8, 4) is 11.6 Å². The number of nitrogens with one attached hydrogen (secondary N) is 2. The molecule has 2 N–H and O–H groups in total. The summed E-state index contributed by atoms with van der Waals surface area (Å²) in [5.74, 6) is 1.29. The van der Waals surface area contributed by atoms with Gasteiger partial charge in [-0.3, -0.25) is 4.79 Å². The van der Waals surface area contributed by atoms with Crippen LogP contribution in [0.1, 0.15) is 48.7 Å². The van der Waals surface area contributed by atoms with E-state index in [1.807, 2.05) is 12.1 Å². The first-order valence-corrected chi connectivity index (χ1v) is 11.7. The monoisotopic (exact) mass is 504 g/mol. The van der Waals surface area contributed by atoms with Crippen LogP contribution in [-0.2, 0) is 17.4 Å². The standard InChI is InChI=1S/C25H24ClF3N4O2/c26-20-9-8-17(15-19(20)25(27,28)29)32-22(34)10-7-16-4-3-5-18(14-16)35-23-11-13-31-24(33-23)21-6-1-2-12-30-21/h3-5,8-9,11,13-15,21,30H,1-2,6-7,10,12H2,(H,32,34). The van der Waals surface area contributed by atoms with Crippen LogP contribution in [-0.4, -0.2) is 22.4 Å². The number of rotatable bonds is 7. The fourth-order valence-electron chi connectivity index (χ4n) is 3.84. The van der Waals surface area contributed by atoms with Gasteiger partial charge in [0.25, 0.3) is 0 Å². The lowest BCUT2D eigenvalue weighted by atomic mass is 10.0. The number of piperidine rings is 1. The van der Waals surface area contributed by atoms with Crippen molar-refractivity contribution in [1.82, 2.24) is 15.3 Å². The van der Waals surface area contributed by atoms with Crippen LogP contribution in [0.5, 0.6) is 11.6 Å². The number of aromatic nitrogens is 2. The molecular weight excluding hydrogens is 481 g/mol. The van der Waals surface area contributed by atoms with E-state index in [4.69, 9.17) is 16.3 Å². The zero-order valence-corrected chi connectivity index (χ0v) is 19.5. The highest BCUT2D eigenvalue weighted by molar-refractivity contribution is 6.31. The number of carbonyl (C=O) groups excluding carboxylic acids is 1. The molecule has 10 heteroatoms. The van der Waals surface area contributed by atoms with E-state index in [9.17, 15) is 18.0 Å². The Morgan fingerprint density at radius 1 is 1.17 bits per heavy atom. The first-order chi connectivity index (χ1) is 16.8. The molecule has 1 aliphatic heterocycles. The average Bonchev–Trinajstić information content (AvgIpc) is 2.84. The summed E-state index contributed by atoms with van der Waals surface area (Å²) in [5, 5.41) is 5.49. The van der Waals surface area contributed by atoms with Gasteiger partial charge >= 0.3 is 6.18 Å². The Bertz CT molecular complexity index is 1180. The number of ether oxygens (including phenoxy) is 1. The maximum absolute atomic E-state index is 13.0. The number of anilines is 1. The van der Waals surface area contributed by atoms with Gasteiger partial charge in [-0.25, -0.2) is 4.98 Å². The molecule has 3 aromatic rings. The Hall–Kier alpha value is -3.17. The number of alkyl halides is 3. The van der Waals surface area contributed by atoms with Crippen molar-refractivity contribution in [2.75, 3.05) is 11.9 Å². The summed E-state index contributed by atoms with van der Waals surface area (Å²) in [6.45, 7) is 0.941. The van der Waals surface area contributed by atoms with Crippen LogP contribution in [0.15, 0.2) is 54.7 Å². The number of halogens is 4. The SMILES string of the molecule is O=C(CCc1cccc(Oc2ccnc(C3CCCCN3)n2)c1)Nc1ccc(Cl)c(C(F)(F)F)c1. The highest BCUT2D eigenvalue weighted by atomic mass is 35.5. The zero-order valence-electron chi connectivity index (χ0n) is 18.7. The van der Waals surface area contributed by atoms with E-state index in [-0.39, 0.29) is 18.2 Å².